The lowest BCUT2D eigenvalue weighted by Gasteiger charge is -2.24. The molecule has 1 N–H and O–H groups in total. The molecule has 0 aromatic rings. The van der Waals surface area contributed by atoms with Crippen molar-refractivity contribution in [3.63, 3.8) is 0 Å². The fourth-order valence-electron chi connectivity index (χ4n) is 1.89. The van der Waals surface area contributed by atoms with Gasteiger partial charge in [0.15, 0.2) is 6.10 Å². The van der Waals surface area contributed by atoms with Crippen LogP contribution in [0.25, 0.3) is 0 Å². The second kappa shape index (κ2) is 16.6. The molecule has 0 aromatic heterocycles. The highest BCUT2D eigenvalue weighted by Crippen LogP contribution is 2.43. The molecule has 0 aliphatic rings. The number of esters is 2. The average Bonchev–Trinajstić information content (AvgIpc) is 2.69. The summed E-state index contributed by atoms with van der Waals surface area (Å²) in [5.74, 6) is -1.37. The molecule has 0 saturated carbocycles. The van der Waals surface area contributed by atoms with Crippen LogP contribution in [0.4, 0.5) is 0 Å². The van der Waals surface area contributed by atoms with E-state index in [4.69, 9.17) is 18.5 Å². The lowest BCUT2D eigenvalue weighted by Crippen LogP contribution is -2.37. The van der Waals surface area contributed by atoms with Crippen molar-refractivity contribution < 1.29 is 42.1 Å². The van der Waals surface area contributed by atoms with E-state index in [9.17, 15) is 19.0 Å². The number of ether oxygens (including phenoxy) is 2. The van der Waals surface area contributed by atoms with Crippen molar-refractivity contribution in [3.8, 4) is 0 Å². The number of quaternary nitrogens is 1. The Labute approximate surface area is 191 Å². The Morgan fingerprint density at radius 2 is 1.47 bits per heavy atom. The third kappa shape index (κ3) is 18.7. The van der Waals surface area contributed by atoms with Crippen LogP contribution in [0.15, 0.2) is 48.6 Å². The predicted octanol–water partition coefficient (Wildman–Crippen LogP) is 3.33. The SMILES string of the molecule is CCC=CC=CC(=O)OC[C@H](COP(=O)(O)OCC[N+](C)(C)C)OC(=O)C=CC=CCC. The van der Waals surface area contributed by atoms with Gasteiger partial charge in [-0.1, -0.05) is 50.3 Å². The summed E-state index contributed by atoms with van der Waals surface area (Å²) < 4.78 is 32.7. The van der Waals surface area contributed by atoms with Gasteiger partial charge in [0.05, 0.1) is 27.7 Å². The normalized spacial score (nSPS) is 15.6. The summed E-state index contributed by atoms with van der Waals surface area (Å²) in [5.41, 5.74) is 0. The van der Waals surface area contributed by atoms with Gasteiger partial charge in [0.25, 0.3) is 0 Å². The van der Waals surface area contributed by atoms with Gasteiger partial charge < -0.3 is 18.9 Å². The highest BCUT2D eigenvalue weighted by molar-refractivity contribution is 7.47. The summed E-state index contributed by atoms with van der Waals surface area (Å²) in [4.78, 5) is 33.6. The number of allylic oxidation sites excluding steroid dienone is 6. The Morgan fingerprint density at radius 3 is 2.00 bits per heavy atom. The van der Waals surface area contributed by atoms with Crippen LogP contribution in [0.5, 0.6) is 0 Å². The number of likely N-dealkylation sites (N-methyl/N-ethyl adjacent to an activating group) is 1. The van der Waals surface area contributed by atoms with Gasteiger partial charge in [0, 0.05) is 12.2 Å². The number of phosphoric ester groups is 1. The quantitative estimate of drug-likeness (QED) is 0.119. The smallest absolute Gasteiger partial charge is 0.458 e. The summed E-state index contributed by atoms with van der Waals surface area (Å²) in [6.45, 7) is 3.55. The molecule has 0 aromatic carbocycles. The fourth-order valence-corrected chi connectivity index (χ4v) is 2.63. The van der Waals surface area contributed by atoms with E-state index in [-0.39, 0.29) is 13.2 Å². The van der Waals surface area contributed by atoms with E-state index in [1.807, 2.05) is 47.1 Å². The summed E-state index contributed by atoms with van der Waals surface area (Å²) in [7, 11) is 1.35. The van der Waals surface area contributed by atoms with E-state index >= 15 is 0 Å². The summed E-state index contributed by atoms with van der Waals surface area (Å²) in [6, 6.07) is 0. The summed E-state index contributed by atoms with van der Waals surface area (Å²) >= 11 is 0. The molecule has 0 heterocycles. The molecule has 2 atom stereocenters. The van der Waals surface area contributed by atoms with Crippen LogP contribution < -0.4 is 0 Å². The highest BCUT2D eigenvalue weighted by Gasteiger charge is 2.26. The Kier molecular flexibility index (Phi) is 15.5. The van der Waals surface area contributed by atoms with Crippen LogP contribution in [-0.4, -0.2) is 74.9 Å². The van der Waals surface area contributed by atoms with Crippen molar-refractivity contribution in [3.05, 3.63) is 48.6 Å². The van der Waals surface area contributed by atoms with Crippen LogP contribution in [0.3, 0.4) is 0 Å². The largest absolute Gasteiger partial charge is 0.472 e. The molecule has 0 aliphatic carbocycles. The maximum Gasteiger partial charge on any atom is 0.472 e. The minimum atomic E-state index is -4.37. The number of hydrogen-bond donors (Lipinski definition) is 1. The van der Waals surface area contributed by atoms with Crippen LogP contribution in [-0.2, 0) is 32.7 Å². The molecule has 32 heavy (non-hydrogen) atoms. The molecule has 0 amide bonds. The number of carbonyl (C=O) groups excluding carboxylic acids is 2. The summed E-state index contributed by atoms with van der Waals surface area (Å²) in [5, 5.41) is 0. The Bertz CT molecular complexity index is 722. The van der Waals surface area contributed by atoms with Crippen molar-refractivity contribution >= 4 is 19.8 Å². The predicted molar refractivity (Wildman–Crippen MR) is 123 cm³/mol. The van der Waals surface area contributed by atoms with Crippen molar-refractivity contribution in [2.24, 2.45) is 0 Å². The molecule has 0 rings (SSSR count). The maximum atomic E-state index is 12.1. The zero-order chi connectivity index (χ0) is 24.5. The first-order chi connectivity index (χ1) is 15.0. The summed E-state index contributed by atoms with van der Waals surface area (Å²) in [6.07, 6.45) is 13.1. The third-order valence-electron chi connectivity index (χ3n) is 3.56. The van der Waals surface area contributed by atoms with Gasteiger partial charge in [-0.15, -0.1) is 0 Å². The van der Waals surface area contributed by atoms with E-state index in [0.717, 1.165) is 12.8 Å². The molecule has 182 valence electrons. The van der Waals surface area contributed by atoms with Gasteiger partial charge in [-0.25, -0.2) is 14.2 Å². The molecule has 9 nitrogen and oxygen atoms in total. The van der Waals surface area contributed by atoms with Crippen LogP contribution in [0.2, 0.25) is 0 Å². The molecule has 0 saturated heterocycles. The van der Waals surface area contributed by atoms with E-state index < -0.39 is 32.5 Å². The van der Waals surface area contributed by atoms with Gasteiger partial charge in [-0.3, -0.25) is 9.05 Å². The number of phosphoric acid groups is 1. The zero-order valence-corrected chi connectivity index (χ0v) is 20.5. The maximum absolute atomic E-state index is 12.1. The lowest BCUT2D eigenvalue weighted by molar-refractivity contribution is -0.870. The van der Waals surface area contributed by atoms with Crippen molar-refractivity contribution in [1.29, 1.82) is 0 Å². The monoisotopic (exact) mass is 474 g/mol. The third-order valence-corrected chi connectivity index (χ3v) is 4.55. The van der Waals surface area contributed by atoms with E-state index in [2.05, 4.69) is 0 Å². The molecule has 0 fully saturated rings. The second-order valence-electron chi connectivity index (χ2n) is 7.69. The van der Waals surface area contributed by atoms with E-state index in [1.165, 1.54) is 24.3 Å². The minimum Gasteiger partial charge on any atom is -0.458 e. The van der Waals surface area contributed by atoms with Crippen LogP contribution >= 0.6 is 7.82 Å². The number of carbonyl (C=O) groups is 2. The molecule has 0 radical (unpaired) electrons. The Hall–Kier alpha value is -2.03. The Morgan fingerprint density at radius 1 is 0.906 bits per heavy atom. The van der Waals surface area contributed by atoms with E-state index in [0.29, 0.717) is 11.0 Å². The zero-order valence-electron chi connectivity index (χ0n) is 19.6. The molecule has 0 aliphatic heterocycles. The lowest BCUT2D eigenvalue weighted by atomic mass is 10.3. The van der Waals surface area contributed by atoms with Gasteiger partial charge in [0.1, 0.15) is 19.8 Å². The highest BCUT2D eigenvalue weighted by atomic mass is 31.2. The molecular weight excluding hydrogens is 437 g/mol. The molecule has 0 bridgehead atoms. The number of rotatable bonds is 16. The van der Waals surface area contributed by atoms with Crippen LogP contribution in [0, 0.1) is 0 Å². The Balaban J connectivity index is 4.91. The fraction of sp³-hybridized carbons (Fsp3) is 0.545. The molecule has 10 heteroatoms. The minimum absolute atomic E-state index is 0.000703. The van der Waals surface area contributed by atoms with Gasteiger partial charge >= 0.3 is 19.8 Å². The first kappa shape index (κ1) is 30.0. The van der Waals surface area contributed by atoms with E-state index in [1.54, 1.807) is 12.2 Å². The number of hydrogen-bond acceptors (Lipinski definition) is 7. The van der Waals surface area contributed by atoms with Gasteiger partial charge in [-0.05, 0) is 12.8 Å². The first-order valence-corrected chi connectivity index (χ1v) is 11.9. The molecule has 1 unspecified atom stereocenters. The molecule has 0 spiro atoms. The van der Waals surface area contributed by atoms with Gasteiger partial charge in [-0.2, -0.15) is 0 Å². The van der Waals surface area contributed by atoms with Crippen molar-refractivity contribution in [1.82, 2.24) is 0 Å². The van der Waals surface area contributed by atoms with Gasteiger partial charge in [0.2, 0.25) is 0 Å². The topological polar surface area (TPSA) is 108 Å². The average molecular weight is 475 g/mol. The standard InChI is InChI=1S/C22H36NO8P/c1-6-8-10-12-14-21(24)28-18-20(31-22(25)15-13-11-9-7-2)19-30-32(26,27)29-17-16-23(3,4)5/h8-15,20H,6-7,16-19H2,1-5H3/p+1/t20-/m1/s1. The first-order valence-electron chi connectivity index (χ1n) is 10.4. The van der Waals surface area contributed by atoms with Crippen LogP contribution in [0.1, 0.15) is 26.7 Å². The molecular formula is C22H37NO8P+. The number of nitrogens with zero attached hydrogens (tertiary/aromatic N) is 1. The van der Waals surface area contributed by atoms with Crippen molar-refractivity contribution in [2.45, 2.75) is 32.8 Å². The second-order valence-corrected chi connectivity index (χ2v) is 9.14. The van der Waals surface area contributed by atoms with Crippen molar-refractivity contribution in [2.75, 3.05) is 47.5 Å².